The fraction of sp³-hybridized carbons (Fsp3) is 0.438. The third-order valence-electron chi connectivity index (χ3n) is 4.23. The molecule has 2 aliphatic rings. The molecule has 1 aromatic rings. The highest BCUT2D eigenvalue weighted by Gasteiger charge is 2.43. The Labute approximate surface area is 145 Å². The number of nitrogens with zero attached hydrogens (tertiary/aromatic N) is 4. The van der Waals surface area contributed by atoms with Crippen molar-refractivity contribution >= 4 is 29.7 Å². The van der Waals surface area contributed by atoms with Crippen molar-refractivity contribution in [2.45, 2.75) is 25.5 Å². The van der Waals surface area contributed by atoms with Crippen molar-refractivity contribution in [2.24, 2.45) is 10.7 Å². The third-order valence-corrected chi connectivity index (χ3v) is 4.72. The first-order valence-corrected chi connectivity index (χ1v) is 7.97. The highest BCUT2D eigenvalue weighted by atomic mass is 35.5. The lowest BCUT2D eigenvalue weighted by Crippen LogP contribution is -2.33. The number of carbonyl (C=O) groups excluding carboxylic acids is 1. The van der Waals surface area contributed by atoms with Crippen LogP contribution in [0.4, 0.5) is 5.69 Å². The van der Waals surface area contributed by atoms with Crippen LogP contribution in [0.25, 0.3) is 0 Å². The molecule has 0 spiro atoms. The summed E-state index contributed by atoms with van der Waals surface area (Å²) < 4.78 is 0. The van der Waals surface area contributed by atoms with E-state index in [0.29, 0.717) is 47.3 Å². The smallest absolute Gasteiger partial charge is 0.216 e. The normalized spacial score (nSPS) is 23.6. The Morgan fingerprint density at radius 3 is 2.83 bits per heavy atom. The van der Waals surface area contributed by atoms with Gasteiger partial charge in [0.2, 0.25) is 12.4 Å². The molecule has 24 heavy (non-hydrogen) atoms. The molecule has 0 aromatic heterocycles. The average molecular weight is 350 g/mol. The number of nitriles is 1. The van der Waals surface area contributed by atoms with Crippen LogP contribution < -0.4 is 5.73 Å². The quantitative estimate of drug-likeness (QED) is 0.774. The minimum atomic E-state index is -0.444. The second kappa shape index (κ2) is 7.62. The molecule has 7 nitrogen and oxygen atoms in total. The zero-order valence-corrected chi connectivity index (χ0v) is 14.4. The highest BCUT2D eigenvalue weighted by molar-refractivity contribution is 6.32. The number of carbonyl (C=O) groups is 1. The fourth-order valence-electron chi connectivity index (χ4n) is 2.96. The Balaban J connectivity index is 0.00000100. The molecule has 3 rings (SSSR count). The van der Waals surface area contributed by atoms with Gasteiger partial charge in [0.25, 0.3) is 0 Å². The van der Waals surface area contributed by atoms with E-state index in [1.54, 1.807) is 19.1 Å². The van der Waals surface area contributed by atoms with Gasteiger partial charge < -0.3 is 15.7 Å². The molecule has 2 atom stereocenters. The number of aliphatic hydroxyl groups excluding tert-OH is 1. The number of amides is 1. The van der Waals surface area contributed by atoms with E-state index in [1.165, 1.54) is 11.9 Å². The van der Waals surface area contributed by atoms with E-state index in [-0.39, 0.29) is 6.04 Å². The summed E-state index contributed by atoms with van der Waals surface area (Å²) in [6.45, 7) is 2.89. The van der Waals surface area contributed by atoms with Crippen molar-refractivity contribution in [1.82, 2.24) is 9.80 Å². The Morgan fingerprint density at radius 2 is 2.21 bits per heavy atom. The summed E-state index contributed by atoms with van der Waals surface area (Å²) in [5.41, 5.74) is 6.21. The van der Waals surface area contributed by atoms with Crippen LogP contribution in [0.2, 0.25) is 5.02 Å². The van der Waals surface area contributed by atoms with Crippen molar-refractivity contribution in [1.29, 1.82) is 5.26 Å². The molecule has 128 valence electrons. The first-order chi connectivity index (χ1) is 11.6. The van der Waals surface area contributed by atoms with Crippen LogP contribution in [-0.4, -0.2) is 59.6 Å². The number of guanidine groups is 1. The zero-order chi connectivity index (χ0) is 17.9. The number of hydrogen-bond acceptors (Lipinski definition) is 5. The van der Waals surface area contributed by atoms with Gasteiger partial charge in [-0.15, -0.1) is 0 Å². The number of aliphatic imine (C=N–C) groups is 1. The Bertz CT molecular complexity index is 700. The van der Waals surface area contributed by atoms with Gasteiger partial charge in [0, 0.05) is 6.54 Å². The maximum Gasteiger partial charge on any atom is 0.216 e. The van der Waals surface area contributed by atoms with Crippen LogP contribution in [0.1, 0.15) is 17.5 Å². The molecule has 1 unspecified atom stereocenters. The van der Waals surface area contributed by atoms with E-state index in [0.717, 1.165) is 6.41 Å². The summed E-state index contributed by atoms with van der Waals surface area (Å²) in [7, 11) is 1.50. The molecule has 0 radical (unpaired) electrons. The predicted molar refractivity (Wildman–Crippen MR) is 92.0 cm³/mol. The molecular formula is C16H20ClN5O2. The molecule has 0 bridgehead atoms. The first-order valence-electron chi connectivity index (χ1n) is 7.59. The minimum absolute atomic E-state index is 0.0990. The fourth-order valence-corrected chi connectivity index (χ4v) is 3.16. The van der Waals surface area contributed by atoms with Gasteiger partial charge >= 0.3 is 0 Å². The van der Waals surface area contributed by atoms with Gasteiger partial charge in [0.15, 0.2) is 0 Å². The Kier molecular flexibility index (Phi) is 5.78. The van der Waals surface area contributed by atoms with E-state index in [4.69, 9.17) is 16.9 Å². The van der Waals surface area contributed by atoms with Gasteiger partial charge in [-0.1, -0.05) is 11.6 Å². The first kappa shape index (κ1) is 18.2. The van der Waals surface area contributed by atoms with Crippen molar-refractivity contribution in [3.05, 3.63) is 28.3 Å². The maximum absolute atomic E-state index is 11.3. The number of fused-ring (bicyclic) bond motifs is 1. The van der Waals surface area contributed by atoms with Gasteiger partial charge in [0.1, 0.15) is 6.07 Å². The molecule has 0 aliphatic carbocycles. The topological polar surface area (TPSA) is 106 Å². The molecule has 2 saturated heterocycles. The monoisotopic (exact) mass is 349 g/mol. The Hall–Kier alpha value is -2.14. The van der Waals surface area contributed by atoms with Gasteiger partial charge in [-0.25, -0.2) is 4.99 Å². The van der Waals surface area contributed by atoms with E-state index < -0.39 is 6.10 Å². The molecule has 1 amide bonds. The molecule has 2 heterocycles. The SMILES string of the molecule is CN.Cc1c(N=C2N(C=O)CC3[C@H](O)CCN23)ccc(C#N)c1Cl. The van der Waals surface area contributed by atoms with Crippen molar-refractivity contribution < 1.29 is 9.90 Å². The lowest BCUT2D eigenvalue weighted by Gasteiger charge is -2.18. The van der Waals surface area contributed by atoms with Crippen LogP contribution in [0.3, 0.4) is 0 Å². The molecule has 1 aromatic carbocycles. The lowest BCUT2D eigenvalue weighted by molar-refractivity contribution is -0.114. The van der Waals surface area contributed by atoms with Crippen LogP contribution >= 0.6 is 11.6 Å². The van der Waals surface area contributed by atoms with Crippen LogP contribution in [0.15, 0.2) is 17.1 Å². The number of halogens is 1. The average Bonchev–Trinajstić information content (AvgIpc) is 3.14. The molecule has 3 N–H and O–H groups in total. The van der Waals surface area contributed by atoms with Crippen molar-refractivity contribution in [3.63, 3.8) is 0 Å². The second-order valence-electron chi connectivity index (χ2n) is 5.47. The van der Waals surface area contributed by atoms with Crippen LogP contribution in [0.5, 0.6) is 0 Å². The van der Waals surface area contributed by atoms with E-state index in [2.05, 4.69) is 10.7 Å². The summed E-state index contributed by atoms with van der Waals surface area (Å²) in [5, 5.41) is 19.3. The maximum atomic E-state index is 11.3. The molecule has 2 fully saturated rings. The number of rotatable bonds is 2. The van der Waals surface area contributed by atoms with E-state index in [9.17, 15) is 9.90 Å². The summed E-state index contributed by atoms with van der Waals surface area (Å²) in [5.74, 6) is 0.528. The summed E-state index contributed by atoms with van der Waals surface area (Å²) in [6.07, 6.45) is 0.953. The molecule has 2 aliphatic heterocycles. The highest BCUT2D eigenvalue weighted by Crippen LogP contribution is 2.32. The van der Waals surface area contributed by atoms with E-state index in [1.807, 2.05) is 11.0 Å². The molecule has 8 heteroatoms. The number of aliphatic hydroxyl groups is 1. The van der Waals surface area contributed by atoms with Crippen LogP contribution in [0, 0.1) is 18.3 Å². The zero-order valence-electron chi connectivity index (χ0n) is 13.6. The van der Waals surface area contributed by atoms with Gasteiger partial charge in [-0.3, -0.25) is 9.69 Å². The summed E-state index contributed by atoms with van der Waals surface area (Å²) in [4.78, 5) is 19.3. The van der Waals surface area contributed by atoms with Gasteiger partial charge in [0.05, 0.1) is 35.0 Å². The molecular weight excluding hydrogens is 330 g/mol. The predicted octanol–water partition coefficient (Wildman–Crippen LogP) is 0.990. The van der Waals surface area contributed by atoms with Crippen LogP contribution in [-0.2, 0) is 4.79 Å². The largest absolute Gasteiger partial charge is 0.391 e. The lowest BCUT2D eigenvalue weighted by atomic mass is 10.1. The third kappa shape index (κ3) is 3.08. The second-order valence-corrected chi connectivity index (χ2v) is 5.85. The standard InChI is InChI=1S/C15H15ClN4O2.CH5N/c1-9-11(3-2-10(6-17)14(9)16)18-15-19(8-21)7-12-13(22)4-5-20(12)15;1-2/h2-3,8,12-13,22H,4-5,7H2,1H3;2H2,1H3/t12?,13-;/m1./s1. The van der Waals surface area contributed by atoms with E-state index >= 15 is 0 Å². The minimum Gasteiger partial charge on any atom is -0.391 e. The number of nitrogens with two attached hydrogens (primary N) is 1. The summed E-state index contributed by atoms with van der Waals surface area (Å²) in [6, 6.07) is 5.26. The van der Waals surface area contributed by atoms with Gasteiger partial charge in [-0.05, 0) is 38.1 Å². The number of benzene rings is 1. The molecule has 0 saturated carbocycles. The summed E-state index contributed by atoms with van der Waals surface area (Å²) >= 11 is 6.16. The van der Waals surface area contributed by atoms with Gasteiger partial charge in [-0.2, -0.15) is 5.26 Å². The Morgan fingerprint density at radius 1 is 1.50 bits per heavy atom. The number of hydrogen-bond donors (Lipinski definition) is 2. The van der Waals surface area contributed by atoms with Crippen molar-refractivity contribution in [3.8, 4) is 6.07 Å². The van der Waals surface area contributed by atoms with Crippen molar-refractivity contribution in [2.75, 3.05) is 20.1 Å².